The molecule has 0 radical (unpaired) electrons. The van der Waals surface area contributed by atoms with Crippen LogP contribution >= 0.6 is 0 Å². The number of rotatable bonds is 53. The molecule has 67 heavy (non-hydrogen) atoms. The minimum atomic E-state index is -0.768. The Bertz CT molecular complexity index is 1170. The number of hydrogen-bond acceptors (Lipinski definition) is 6. The van der Waals surface area contributed by atoms with Gasteiger partial charge in [-0.1, -0.05) is 275 Å². The lowest BCUT2D eigenvalue weighted by Gasteiger charge is -2.18. The van der Waals surface area contributed by atoms with E-state index >= 15 is 0 Å². The minimum Gasteiger partial charge on any atom is -0.462 e. The van der Waals surface area contributed by atoms with Crippen LogP contribution in [-0.2, 0) is 28.6 Å². The molecule has 0 rings (SSSR count). The molecule has 0 aromatic carbocycles. The molecular weight excluding hydrogens is 829 g/mol. The molecule has 0 aromatic rings. The smallest absolute Gasteiger partial charge is 0.306 e. The fourth-order valence-corrected chi connectivity index (χ4v) is 8.49. The molecule has 0 aromatic heterocycles. The van der Waals surface area contributed by atoms with Gasteiger partial charge in [-0.05, 0) is 57.8 Å². The van der Waals surface area contributed by atoms with Gasteiger partial charge in [0.2, 0.25) is 0 Å². The van der Waals surface area contributed by atoms with Gasteiger partial charge in [0.1, 0.15) is 13.2 Å². The molecule has 6 nitrogen and oxygen atoms in total. The molecule has 0 amide bonds. The summed E-state index contributed by atoms with van der Waals surface area (Å²) in [6.45, 7) is 6.55. The van der Waals surface area contributed by atoms with Gasteiger partial charge in [-0.3, -0.25) is 14.4 Å². The van der Waals surface area contributed by atoms with Crippen LogP contribution in [0.3, 0.4) is 0 Å². The van der Waals surface area contributed by atoms with Crippen molar-refractivity contribution in [1.82, 2.24) is 0 Å². The number of unbranched alkanes of at least 4 members (excludes halogenated alkanes) is 34. The maximum Gasteiger partial charge on any atom is 0.306 e. The molecule has 390 valence electrons. The van der Waals surface area contributed by atoms with Crippen LogP contribution in [0.25, 0.3) is 0 Å². The van der Waals surface area contributed by atoms with Gasteiger partial charge in [-0.25, -0.2) is 0 Å². The summed E-state index contributed by atoms with van der Waals surface area (Å²) in [5.41, 5.74) is 0. The average Bonchev–Trinajstić information content (AvgIpc) is 3.33. The Morgan fingerprint density at radius 2 is 0.582 bits per heavy atom. The predicted molar refractivity (Wildman–Crippen MR) is 289 cm³/mol. The van der Waals surface area contributed by atoms with E-state index in [1.165, 1.54) is 180 Å². The van der Waals surface area contributed by atoms with E-state index in [1.807, 2.05) is 0 Å². The molecule has 0 N–H and O–H groups in total. The summed E-state index contributed by atoms with van der Waals surface area (Å²) in [6.07, 6.45) is 68.2. The van der Waals surface area contributed by atoms with Gasteiger partial charge in [0, 0.05) is 19.3 Å². The standard InChI is InChI=1S/C61H110O6/c1-4-7-10-13-16-19-22-24-26-27-28-29-30-31-32-33-34-35-36-38-39-42-45-48-51-54-60(63)66-57-58(56-65-59(62)53-50-47-44-41-21-18-15-12-9-6-3)67-61(64)55-52-49-46-43-40-37-25-23-20-17-14-11-8-5-2/h7,10,16,19,24,26,28-29,58H,4-6,8-9,11-15,17-18,20-23,25,27,30-57H2,1-3H3/b10-7-,19-16-,26-24-,29-28-. The summed E-state index contributed by atoms with van der Waals surface area (Å²) >= 11 is 0. The van der Waals surface area contributed by atoms with Crippen molar-refractivity contribution in [3.8, 4) is 0 Å². The van der Waals surface area contributed by atoms with Gasteiger partial charge in [0.05, 0.1) is 0 Å². The van der Waals surface area contributed by atoms with E-state index in [9.17, 15) is 14.4 Å². The fourth-order valence-electron chi connectivity index (χ4n) is 8.49. The van der Waals surface area contributed by atoms with Crippen molar-refractivity contribution >= 4 is 17.9 Å². The molecule has 0 aliphatic rings. The number of esters is 3. The Morgan fingerprint density at radius 1 is 0.313 bits per heavy atom. The third kappa shape index (κ3) is 54.2. The monoisotopic (exact) mass is 939 g/mol. The number of allylic oxidation sites excluding steroid dienone is 8. The summed E-state index contributed by atoms with van der Waals surface area (Å²) in [4.78, 5) is 38.1. The zero-order valence-corrected chi connectivity index (χ0v) is 44.7. The fraction of sp³-hybridized carbons (Fsp3) is 0.820. The van der Waals surface area contributed by atoms with Crippen molar-refractivity contribution in [3.63, 3.8) is 0 Å². The van der Waals surface area contributed by atoms with Gasteiger partial charge in [-0.2, -0.15) is 0 Å². The average molecular weight is 940 g/mol. The number of hydrogen-bond donors (Lipinski definition) is 0. The van der Waals surface area contributed by atoms with Gasteiger partial charge in [0.15, 0.2) is 6.10 Å². The van der Waals surface area contributed by atoms with Crippen molar-refractivity contribution in [2.75, 3.05) is 13.2 Å². The minimum absolute atomic E-state index is 0.0684. The highest BCUT2D eigenvalue weighted by Gasteiger charge is 2.19. The Labute approximate surface area is 416 Å². The van der Waals surface area contributed by atoms with Crippen LogP contribution in [0.5, 0.6) is 0 Å². The van der Waals surface area contributed by atoms with E-state index in [1.54, 1.807) is 0 Å². The Morgan fingerprint density at radius 3 is 0.910 bits per heavy atom. The second kappa shape index (κ2) is 56.0. The zero-order chi connectivity index (χ0) is 48.6. The van der Waals surface area contributed by atoms with Crippen molar-refractivity contribution in [2.45, 2.75) is 309 Å². The third-order valence-electron chi connectivity index (χ3n) is 12.8. The van der Waals surface area contributed by atoms with E-state index in [4.69, 9.17) is 14.2 Å². The van der Waals surface area contributed by atoms with Crippen molar-refractivity contribution in [2.24, 2.45) is 0 Å². The highest BCUT2D eigenvalue weighted by molar-refractivity contribution is 5.71. The molecule has 0 saturated heterocycles. The van der Waals surface area contributed by atoms with Crippen LogP contribution in [0.2, 0.25) is 0 Å². The van der Waals surface area contributed by atoms with Crippen molar-refractivity contribution in [1.29, 1.82) is 0 Å². The van der Waals surface area contributed by atoms with Crippen LogP contribution in [0.1, 0.15) is 303 Å². The molecule has 0 bridgehead atoms. The van der Waals surface area contributed by atoms with Crippen LogP contribution in [0.4, 0.5) is 0 Å². The van der Waals surface area contributed by atoms with Gasteiger partial charge < -0.3 is 14.2 Å². The van der Waals surface area contributed by atoms with E-state index in [2.05, 4.69) is 69.4 Å². The molecule has 0 spiro atoms. The van der Waals surface area contributed by atoms with Crippen LogP contribution in [0, 0.1) is 0 Å². The third-order valence-corrected chi connectivity index (χ3v) is 12.8. The number of carbonyl (C=O) groups excluding carboxylic acids is 3. The molecule has 0 saturated carbocycles. The topological polar surface area (TPSA) is 78.9 Å². The van der Waals surface area contributed by atoms with E-state index < -0.39 is 6.10 Å². The van der Waals surface area contributed by atoms with E-state index in [0.29, 0.717) is 19.3 Å². The van der Waals surface area contributed by atoms with Crippen LogP contribution < -0.4 is 0 Å². The molecule has 1 atom stereocenters. The summed E-state index contributed by atoms with van der Waals surface area (Å²) in [7, 11) is 0. The first kappa shape index (κ1) is 64.4. The van der Waals surface area contributed by atoms with Crippen molar-refractivity contribution in [3.05, 3.63) is 48.6 Å². The van der Waals surface area contributed by atoms with E-state index in [0.717, 1.165) is 83.5 Å². The lowest BCUT2D eigenvalue weighted by atomic mass is 10.0. The maximum absolute atomic E-state index is 12.8. The largest absolute Gasteiger partial charge is 0.462 e. The SMILES string of the molecule is CC/C=C\C/C=C\C/C=C\C/C=C\CCCCCCCCCCCCCCC(=O)OCC(COC(=O)CCCCCCCCCCCC)OC(=O)CCCCCCCCCCCCCCCC. The molecule has 0 fully saturated rings. The summed E-state index contributed by atoms with van der Waals surface area (Å²) in [5, 5.41) is 0. The van der Waals surface area contributed by atoms with Crippen LogP contribution in [0.15, 0.2) is 48.6 Å². The first-order valence-corrected chi connectivity index (χ1v) is 29.1. The van der Waals surface area contributed by atoms with Gasteiger partial charge in [-0.15, -0.1) is 0 Å². The molecule has 6 heteroatoms. The first-order chi connectivity index (χ1) is 33.0. The Kier molecular flexibility index (Phi) is 53.8. The lowest BCUT2D eigenvalue weighted by molar-refractivity contribution is -0.167. The number of ether oxygens (including phenoxy) is 3. The number of carbonyl (C=O) groups is 3. The Balaban J connectivity index is 4.19. The first-order valence-electron chi connectivity index (χ1n) is 29.1. The normalized spacial score (nSPS) is 12.3. The summed E-state index contributed by atoms with van der Waals surface area (Å²) in [6, 6.07) is 0. The molecular formula is C61H110O6. The highest BCUT2D eigenvalue weighted by atomic mass is 16.6. The molecule has 1 unspecified atom stereocenters. The quantitative estimate of drug-likeness (QED) is 0.0262. The second-order valence-corrected chi connectivity index (χ2v) is 19.5. The zero-order valence-electron chi connectivity index (χ0n) is 44.7. The van der Waals surface area contributed by atoms with Gasteiger partial charge in [0.25, 0.3) is 0 Å². The summed E-state index contributed by atoms with van der Waals surface area (Å²) in [5.74, 6) is -0.856. The lowest BCUT2D eigenvalue weighted by Crippen LogP contribution is -2.30. The molecule has 0 aliphatic heterocycles. The second-order valence-electron chi connectivity index (χ2n) is 19.5. The molecule has 0 heterocycles. The van der Waals surface area contributed by atoms with E-state index in [-0.39, 0.29) is 31.1 Å². The van der Waals surface area contributed by atoms with Crippen LogP contribution in [-0.4, -0.2) is 37.2 Å². The molecule has 0 aliphatic carbocycles. The predicted octanol–water partition coefficient (Wildman–Crippen LogP) is 19.4. The maximum atomic E-state index is 12.8. The van der Waals surface area contributed by atoms with Crippen molar-refractivity contribution < 1.29 is 28.6 Å². The highest BCUT2D eigenvalue weighted by Crippen LogP contribution is 2.17. The van der Waals surface area contributed by atoms with Gasteiger partial charge >= 0.3 is 17.9 Å². The summed E-state index contributed by atoms with van der Waals surface area (Å²) < 4.78 is 16.8. The Hall–Kier alpha value is -2.63.